The molecule has 0 fully saturated rings. The number of hydrogen-bond donors (Lipinski definition) is 0. The summed E-state index contributed by atoms with van der Waals surface area (Å²) in [6.45, 7) is 7.45. The minimum atomic E-state index is -0.105. The van der Waals surface area contributed by atoms with Crippen molar-refractivity contribution in [1.82, 2.24) is 9.88 Å². The minimum Gasteiger partial charge on any atom is -0.497 e. The van der Waals surface area contributed by atoms with Gasteiger partial charge in [-0.15, -0.1) is 0 Å². The maximum atomic E-state index is 13.0. The fourth-order valence-electron chi connectivity index (χ4n) is 2.98. The number of benzene rings is 2. The van der Waals surface area contributed by atoms with Crippen molar-refractivity contribution in [3.8, 4) is 11.5 Å². The number of fused-ring (bicyclic) bond motifs is 1. The number of amides is 1. The van der Waals surface area contributed by atoms with Crippen LogP contribution in [0.2, 0.25) is 0 Å². The first-order valence-electron chi connectivity index (χ1n) is 9.79. The number of carbonyl (C=O) groups excluding carboxylic acids is 1. The molecule has 3 aromatic rings. The molecular weight excluding hydrogens is 386 g/mol. The highest BCUT2D eigenvalue weighted by atomic mass is 32.1. The topological polar surface area (TPSA) is 54.9 Å². The van der Waals surface area contributed by atoms with Crippen LogP contribution in [0.1, 0.15) is 13.8 Å². The molecule has 0 spiro atoms. The van der Waals surface area contributed by atoms with E-state index in [4.69, 9.17) is 9.47 Å². The number of para-hydroxylation sites is 1. The van der Waals surface area contributed by atoms with Crippen molar-refractivity contribution in [3.05, 3.63) is 48.5 Å². The molecule has 154 valence electrons. The summed E-state index contributed by atoms with van der Waals surface area (Å²) in [5, 5.41) is 0.682. The predicted octanol–water partition coefficient (Wildman–Crippen LogP) is 4.06. The molecule has 0 saturated heterocycles. The minimum absolute atomic E-state index is 0.0263. The first kappa shape index (κ1) is 21.1. The normalized spacial score (nSPS) is 11.0. The fraction of sp³-hybridized carbons (Fsp3) is 0.364. The molecule has 1 amide bonds. The molecule has 1 heterocycles. The number of methoxy groups -OCH3 is 1. The summed E-state index contributed by atoms with van der Waals surface area (Å²) in [6.07, 6.45) is 0. The number of nitrogens with zero attached hydrogens (tertiary/aromatic N) is 3. The van der Waals surface area contributed by atoms with Gasteiger partial charge in [-0.05, 0) is 43.4 Å². The number of hydrogen-bond acceptors (Lipinski definition) is 6. The molecule has 6 nitrogen and oxygen atoms in total. The van der Waals surface area contributed by atoms with Crippen molar-refractivity contribution < 1.29 is 14.3 Å². The summed E-state index contributed by atoms with van der Waals surface area (Å²) in [5.74, 6) is 1.35. The summed E-state index contributed by atoms with van der Waals surface area (Å²) in [6, 6.07) is 15.1. The van der Waals surface area contributed by atoms with Crippen LogP contribution in [-0.2, 0) is 4.79 Å². The Labute approximate surface area is 175 Å². The van der Waals surface area contributed by atoms with Crippen LogP contribution in [0.25, 0.3) is 10.2 Å². The van der Waals surface area contributed by atoms with E-state index < -0.39 is 0 Å². The van der Waals surface area contributed by atoms with Gasteiger partial charge in [0.25, 0.3) is 5.91 Å². The molecule has 0 unspecified atom stereocenters. The van der Waals surface area contributed by atoms with E-state index in [-0.39, 0.29) is 12.5 Å². The van der Waals surface area contributed by atoms with E-state index in [1.165, 1.54) is 11.3 Å². The summed E-state index contributed by atoms with van der Waals surface area (Å²) >= 11 is 1.49. The smallest absolute Gasteiger partial charge is 0.266 e. The summed E-state index contributed by atoms with van der Waals surface area (Å²) in [7, 11) is 1.64. The van der Waals surface area contributed by atoms with E-state index in [1.54, 1.807) is 12.0 Å². The first-order chi connectivity index (χ1) is 14.1. The standard InChI is InChI=1S/C22H27N3O3S/c1-4-24(5-2)13-14-25(21(26)16-28-17-9-7-6-8-10-17)22-23-19-12-11-18(27-3)15-20(19)29-22/h6-12,15H,4-5,13-14,16H2,1-3H3. The Morgan fingerprint density at radius 3 is 2.48 bits per heavy atom. The monoisotopic (exact) mass is 413 g/mol. The van der Waals surface area contributed by atoms with Crippen LogP contribution in [0.15, 0.2) is 48.5 Å². The molecule has 1 aromatic heterocycles. The second-order valence-corrected chi connectivity index (χ2v) is 7.51. The van der Waals surface area contributed by atoms with Crippen molar-refractivity contribution in [3.63, 3.8) is 0 Å². The third-order valence-corrected chi connectivity index (χ3v) is 5.80. The van der Waals surface area contributed by atoms with Crippen LogP contribution >= 0.6 is 11.3 Å². The van der Waals surface area contributed by atoms with Crippen LogP contribution in [0.5, 0.6) is 11.5 Å². The largest absolute Gasteiger partial charge is 0.497 e. The highest BCUT2D eigenvalue weighted by Crippen LogP contribution is 2.31. The molecule has 7 heteroatoms. The molecule has 0 radical (unpaired) electrons. The van der Waals surface area contributed by atoms with Gasteiger partial charge in [0.15, 0.2) is 11.7 Å². The third-order valence-electron chi connectivity index (χ3n) is 4.76. The summed E-state index contributed by atoms with van der Waals surface area (Å²) < 4.78 is 12.0. The highest BCUT2D eigenvalue weighted by molar-refractivity contribution is 7.22. The Bertz CT molecular complexity index is 925. The van der Waals surface area contributed by atoms with Crippen molar-refractivity contribution in [1.29, 1.82) is 0 Å². The Hall–Kier alpha value is -2.64. The Morgan fingerprint density at radius 1 is 1.03 bits per heavy atom. The maximum absolute atomic E-state index is 13.0. The van der Waals surface area contributed by atoms with Gasteiger partial charge in [-0.3, -0.25) is 9.69 Å². The van der Waals surface area contributed by atoms with Gasteiger partial charge in [0, 0.05) is 13.1 Å². The molecule has 0 N–H and O–H groups in total. The van der Waals surface area contributed by atoms with Crippen LogP contribution in [-0.4, -0.2) is 55.7 Å². The van der Waals surface area contributed by atoms with E-state index >= 15 is 0 Å². The molecule has 29 heavy (non-hydrogen) atoms. The lowest BCUT2D eigenvalue weighted by molar-refractivity contribution is -0.120. The lowest BCUT2D eigenvalue weighted by Crippen LogP contribution is -2.41. The molecular formula is C22H27N3O3S. The van der Waals surface area contributed by atoms with E-state index in [2.05, 4.69) is 23.7 Å². The molecule has 0 atom stereocenters. The second-order valence-electron chi connectivity index (χ2n) is 6.50. The highest BCUT2D eigenvalue weighted by Gasteiger charge is 2.21. The van der Waals surface area contributed by atoms with E-state index in [9.17, 15) is 4.79 Å². The van der Waals surface area contributed by atoms with Gasteiger partial charge in [-0.1, -0.05) is 43.4 Å². The lowest BCUT2D eigenvalue weighted by atomic mass is 10.3. The average Bonchev–Trinajstić information content (AvgIpc) is 3.18. The zero-order valence-corrected chi connectivity index (χ0v) is 17.9. The van der Waals surface area contributed by atoms with Gasteiger partial charge in [0.1, 0.15) is 11.5 Å². The zero-order valence-electron chi connectivity index (χ0n) is 17.1. The van der Waals surface area contributed by atoms with Gasteiger partial charge in [0.05, 0.1) is 17.3 Å². The summed E-state index contributed by atoms with van der Waals surface area (Å²) in [5.41, 5.74) is 0.857. The number of thiazole rings is 1. The number of carbonyl (C=O) groups is 1. The second kappa shape index (κ2) is 10.2. The van der Waals surface area contributed by atoms with Crippen LogP contribution in [0.3, 0.4) is 0 Å². The van der Waals surface area contributed by atoms with E-state index in [0.29, 0.717) is 17.4 Å². The molecule has 0 saturated carbocycles. The SMILES string of the molecule is CCN(CC)CCN(C(=O)COc1ccccc1)c1nc2ccc(OC)cc2s1. The van der Waals surface area contributed by atoms with Crippen LogP contribution in [0.4, 0.5) is 5.13 Å². The summed E-state index contributed by atoms with van der Waals surface area (Å²) in [4.78, 5) is 21.7. The molecule has 0 bridgehead atoms. The van der Waals surface area contributed by atoms with Gasteiger partial charge < -0.3 is 14.4 Å². The van der Waals surface area contributed by atoms with Crippen molar-refractivity contribution in [2.45, 2.75) is 13.8 Å². The van der Waals surface area contributed by atoms with E-state index in [0.717, 1.165) is 35.6 Å². The Kier molecular flexibility index (Phi) is 7.43. The van der Waals surface area contributed by atoms with E-state index in [1.807, 2.05) is 48.5 Å². The molecule has 2 aromatic carbocycles. The number of anilines is 1. The van der Waals surface area contributed by atoms with Crippen molar-refractivity contribution >= 4 is 32.6 Å². The Morgan fingerprint density at radius 2 is 1.79 bits per heavy atom. The van der Waals surface area contributed by atoms with Gasteiger partial charge in [-0.2, -0.15) is 0 Å². The quantitative estimate of drug-likeness (QED) is 0.502. The number of likely N-dealkylation sites (N-methyl/N-ethyl adjacent to an activating group) is 1. The molecule has 0 aliphatic heterocycles. The van der Waals surface area contributed by atoms with Gasteiger partial charge >= 0.3 is 0 Å². The van der Waals surface area contributed by atoms with Crippen LogP contribution in [0, 0.1) is 0 Å². The van der Waals surface area contributed by atoms with Crippen LogP contribution < -0.4 is 14.4 Å². The lowest BCUT2D eigenvalue weighted by Gasteiger charge is -2.24. The van der Waals surface area contributed by atoms with Crippen molar-refractivity contribution in [2.24, 2.45) is 0 Å². The molecule has 0 aliphatic carbocycles. The number of rotatable bonds is 10. The fourth-order valence-corrected chi connectivity index (χ4v) is 4.02. The first-order valence-corrected chi connectivity index (χ1v) is 10.6. The van der Waals surface area contributed by atoms with Gasteiger partial charge in [-0.25, -0.2) is 4.98 Å². The average molecular weight is 414 g/mol. The maximum Gasteiger partial charge on any atom is 0.266 e. The Balaban J connectivity index is 1.80. The predicted molar refractivity (Wildman–Crippen MR) is 118 cm³/mol. The zero-order chi connectivity index (χ0) is 20.6. The molecule has 3 rings (SSSR count). The van der Waals surface area contributed by atoms with Crippen molar-refractivity contribution in [2.75, 3.05) is 44.8 Å². The number of ether oxygens (including phenoxy) is 2. The number of aromatic nitrogens is 1. The third kappa shape index (κ3) is 5.46. The van der Waals surface area contributed by atoms with Gasteiger partial charge in [0.2, 0.25) is 0 Å². The molecule has 0 aliphatic rings.